The smallest absolute Gasteiger partial charge is 0.253 e. The first kappa shape index (κ1) is 21.5. The van der Waals surface area contributed by atoms with E-state index in [0.29, 0.717) is 17.2 Å². The molecule has 0 bridgehead atoms. The molecule has 3 aromatic rings. The molecule has 0 amide bonds. The van der Waals surface area contributed by atoms with Crippen LogP contribution in [0.2, 0.25) is 0 Å². The van der Waals surface area contributed by atoms with E-state index in [1.165, 1.54) is 6.42 Å². The van der Waals surface area contributed by atoms with Gasteiger partial charge in [0.2, 0.25) is 0 Å². The fourth-order valence-corrected chi connectivity index (χ4v) is 4.43. The average molecular weight is 425 g/mol. The van der Waals surface area contributed by atoms with Gasteiger partial charge in [0, 0.05) is 18.2 Å². The molecule has 3 heterocycles. The van der Waals surface area contributed by atoms with Crippen molar-refractivity contribution < 1.29 is 4.74 Å². The normalized spacial score (nSPS) is 18.9. The number of hydrogen-bond donors (Lipinski definition) is 1. The van der Waals surface area contributed by atoms with E-state index >= 15 is 0 Å². The largest absolute Gasteiger partial charge is 0.497 e. The van der Waals surface area contributed by atoms with E-state index in [0.717, 1.165) is 42.7 Å². The first-order valence-electron chi connectivity index (χ1n) is 11.1. The zero-order chi connectivity index (χ0) is 22.2. The molecule has 0 aliphatic carbocycles. The van der Waals surface area contributed by atoms with E-state index in [1.54, 1.807) is 7.11 Å². The van der Waals surface area contributed by atoms with Crippen LogP contribution in [0.5, 0.6) is 5.75 Å². The van der Waals surface area contributed by atoms with Crippen LogP contribution in [0, 0.1) is 5.92 Å². The Bertz CT molecular complexity index is 1120. The minimum absolute atomic E-state index is 0.118. The molecule has 0 saturated carbocycles. The van der Waals surface area contributed by atoms with E-state index in [9.17, 15) is 4.79 Å². The Morgan fingerprint density at radius 3 is 2.84 bits per heavy atom. The Morgan fingerprint density at radius 2 is 2.13 bits per heavy atom. The van der Waals surface area contributed by atoms with Crippen molar-refractivity contribution in [1.29, 1.82) is 0 Å². The Labute approximate surface area is 182 Å². The van der Waals surface area contributed by atoms with Crippen LogP contribution >= 0.6 is 0 Å². The molecule has 2 aromatic heterocycles. The quantitative estimate of drug-likeness (QED) is 0.652. The van der Waals surface area contributed by atoms with E-state index < -0.39 is 0 Å². The Hall–Kier alpha value is -2.74. The lowest BCUT2D eigenvalue weighted by Gasteiger charge is -2.37. The van der Waals surface area contributed by atoms with Crippen LogP contribution in [-0.4, -0.2) is 50.3 Å². The molecule has 1 saturated heterocycles. The summed E-state index contributed by atoms with van der Waals surface area (Å²) in [4.78, 5) is 18.7. The molecule has 1 N–H and O–H groups in total. The van der Waals surface area contributed by atoms with Crippen LogP contribution in [0.15, 0.2) is 29.1 Å². The lowest BCUT2D eigenvalue weighted by atomic mass is 9.94. The second-order valence-electron chi connectivity index (χ2n) is 9.27. The van der Waals surface area contributed by atoms with Gasteiger partial charge >= 0.3 is 0 Å². The van der Waals surface area contributed by atoms with Crippen LogP contribution in [-0.2, 0) is 5.54 Å². The summed E-state index contributed by atoms with van der Waals surface area (Å²) < 4.78 is 7.21. The molecule has 1 aliphatic heterocycles. The number of likely N-dealkylation sites (tertiary alicyclic amines) is 1. The lowest BCUT2D eigenvalue weighted by molar-refractivity contribution is 0.135. The second-order valence-corrected chi connectivity index (χ2v) is 9.27. The van der Waals surface area contributed by atoms with Gasteiger partial charge in [0.1, 0.15) is 11.8 Å². The molecular weight excluding hydrogens is 392 g/mol. The molecule has 1 aromatic carbocycles. The number of aromatic nitrogens is 5. The Kier molecular flexibility index (Phi) is 5.83. The van der Waals surface area contributed by atoms with Gasteiger partial charge in [0.25, 0.3) is 5.56 Å². The molecule has 1 fully saturated rings. The second kappa shape index (κ2) is 8.42. The summed E-state index contributed by atoms with van der Waals surface area (Å²) in [7, 11) is 1.62. The number of hydrogen-bond acceptors (Lipinski definition) is 6. The summed E-state index contributed by atoms with van der Waals surface area (Å²) in [6.07, 6.45) is 3.17. The molecule has 1 aliphatic rings. The fraction of sp³-hybridized carbons (Fsp3) is 0.565. The van der Waals surface area contributed by atoms with Gasteiger partial charge in [-0.15, -0.1) is 5.10 Å². The maximum atomic E-state index is 13.3. The maximum Gasteiger partial charge on any atom is 0.253 e. The number of ether oxygens (including phenoxy) is 1. The van der Waals surface area contributed by atoms with E-state index in [4.69, 9.17) is 4.74 Å². The van der Waals surface area contributed by atoms with Gasteiger partial charge in [-0.05, 0) is 79.6 Å². The van der Waals surface area contributed by atoms with Crippen molar-refractivity contribution >= 4 is 10.9 Å². The van der Waals surface area contributed by atoms with Crippen molar-refractivity contribution in [1.82, 2.24) is 30.1 Å². The predicted octanol–water partition coefficient (Wildman–Crippen LogP) is 3.49. The van der Waals surface area contributed by atoms with Gasteiger partial charge in [-0.1, -0.05) is 13.8 Å². The molecule has 2 atom stereocenters. The lowest BCUT2D eigenvalue weighted by Crippen LogP contribution is -2.42. The molecule has 8 nitrogen and oxygen atoms in total. The molecule has 8 heteroatoms. The number of fused-ring (bicyclic) bond motifs is 1. The van der Waals surface area contributed by atoms with E-state index in [-0.39, 0.29) is 17.1 Å². The predicted molar refractivity (Wildman–Crippen MR) is 120 cm³/mol. The SMILES string of the molecule is CCC(C)(C)n1nnnc1[C@@H](c1cc2ccc(OC)cc2[nH]c1=O)N1CCC[C@H](C)C1. The fourth-order valence-electron chi connectivity index (χ4n) is 4.43. The van der Waals surface area contributed by atoms with Gasteiger partial charge in [-0.3, -0.25) is 9.69 Å². The summed E-state index contributed by atoms with van der Waals surface area (Å²) in [6.45, 7) is 10.5. The third-order valence-electron chi connectivity index (χ3n) is 6.61. The highest BCUT2D eigenvalue weighted by Crippen LogP contribution is 2.33. The number of nitrogens with zero attached hydrogens (tertiary/aromatic N) is 5. The number of tetrazole rings is 1. The van der Waals surface area contributed by atoms with Crippen molar-refractivity contribution in [3.8, 4) is 5.75 Å². The standard InChI is InChI=1S/C23H32N6O2/c1-6-23(3,4)29-21(25-26-27-29)20(28-11-7-8-15(2)14-28)18-12-16-9-10-17(31-5)13-19(16)24-22(18)30/h9-10,12-13,15,20H,6-8,11,14H2,1-5H3,(H,24,30)/t15-,20+/m0/s1. The van der Waals surface area contributed by atoms with Gasteiger partial charge in [-0.2, -0.15) is 0 Å². The van der Waals surface area contributed by atoms with Crippen molar-refractivity contribution in [2.75, 3.05) is 20.2 Å². The van der Waals surface area contributed by atoms with Gasteiger partial charge < -0.3 is 9.72 Å². The zero-order valence-corrected chi connectivity index (χ0v) is 19.1. The van der Waals surface area contributed by atoms with Crippen molar-refractivity contribution in [2.45, 2.75) is 58.5 Å². The van der Waals surface area contributed by atoms with Crippen LogP contribution in [0.4, 0.5) is 0 Å². The minimum atomic E-state index is -0.307. The van der Waals surface area contributed by atoms with Crippen LogP contribution in [0.3, 0.4) is 0 Å². The number of pyridine rings is 1. The summed E-state index contributed by atoms with van der Waals surface area (Å²) >= 11 is 0. The summed E-state index contributed by atoms with van der Waals surface area (Å²) in [5.74, 6) is 1.99. The molecule has 4 rings (SSSR count). The van der Waals surface area contributed by atoms with Crippen LogP contribution < -0.4 is 10.3 Å². The maximum absolute atomic E-state index is 13.3. The highest BCUT2D eigenvalue weighted by Gasteiger charge is 2.35. The number of H-pyrrole nitrogens is 1. The first-order valence-corrected chi connectivity index (χ1v) is 11.1. The zero-order valence-electron chi connectivity index (χ0n) is 19.1. The first-order chi connectivity index (χ1) is 14.8. The third kappa shape index (κ3) is 4.08. The number of piperidine rings is 1. The average Bonchev–Trinajstić information content (AvgIpc) is 3.24. The number of methoxy groups -OCH3 is 1. The number of nitrogens with one attached hydrogen (secondary N) is 1. The van der Waals surface area contributed by atoms with Crippen LogP contribution in [0.25, 0.3) is 10.9 Å². The van der Waals surface area contributed by atoms with Crippen LogP contribution in [0.1, 0.15) is 64.4 Å². The number of benzene rings is 1. The molecule has 0 spiro atoms. The summed E-state index contributed by atoms with van der Waals surface area (Å²) in [6, 6.07) is 7.41. The van der Waals surface area contributed by atoms with Crippen molar-refractivity contribution in [3.63, 3.8) is 0 Å². The van der Waals surface area contributed by atoms with Crippen molar-refractivity contribution in [2.24, 2.45) is 5.92 Å². The monoisotopic (exact) mass is 424 g/mol. The van der Waals surface area contributed by atoms with Gasteiger partial charge in [-0.25, -0.2) is 4.68 Å². The number of rotatable bonds is 6. The van der Waals surface area contributed by atoms with Crippen molar-refractivity contribution in [3.05, 3.63) is 46.0 Å². The summed E-state index contributed by atoms with van der Waals surface area (Å²) in [5, 5.41) is 13.8. The molecular formula is C23H32N6O2. The van der Waals surface area contributed by atoms with Gasteiger partial charge in [0.15, 0.2) is 5.82 Å². The highest BCUT2D eigenvalue weighted by molar-refractivity contribution is 5.80. The Morgan fingerprint density at radius 1 is 1.32 bits per heavy atom. The molecule has 0 radical (unpaired) electrons. The van der Waals surface area contributed by atoms with Gasteiger partial charge in [0.05, 0.1) is 18.2 Å². The molecule has 31 heavy (non-hydrogen) atoms. The van der Waals surface area contributed by atoms with E-state index in [1.807, 2.05) is 28.9 Å². The van der Waals surface area contributed by atoms with E-state index in [2.05, 4.69) is 53.1 Å². The summed E-state index contributed by atoms with van der Waals surface area (Å²) in [5.41, 5.74) is 1.06. The highest BCUT2D eigenvalue weighted by atomic mass is 16.5. The molecule has 0 unspecified atom stereocenters. The Balaban J connectivity index is 1.89. The number of aromatic amines is 1. The molecule has 166 valence electrons. The topological polar surface area (TPSA) is 88.9 Å². The minimum Gasteiger partial charge on any atom is -0.497 e. The third-order valence-corrected chi connectivity index (χ3v) is 6.61.